The molecule has 0 aliphatic carbocycles. The van der Waals surface area contributed by atoms with Gasteiger partial charge in [-0.1, -0.05) is 0 Å². The zero-order chi connectivity index (χ0) is 6.97. The van der Waals surface area contributed by atoms with E-state index < -0.39 is 0 Å². The van der Waals surface area contributed by atoms with Crippen LogP contribution in [-0.4, -0.2) is 6.79 Å². The Balaban J connectivity index is 0.000000605. The summed E-state index contributed by atoms with van der Waals surface area (Å²) in [5, 5.41) is 0. The van der Waals surface area contributed by atoms with Gasteiger partial charge in [0.2, 0.25) is 0 Å². The van der Waals surface area contributed by atoms with E-state index >= 15 is 0 Å². The standard InChI is InChI=1S/C7H5O2.BrH.Zn/c1-2-4-7-6(3-1)8-5-9-7;;/h1,3-4H,5H2;1H;. The van der Waals surface area contributed by atoms with E-state index in [4.69, 9.17) is 9.47 Å². The number of fused-ring (bicyclic) bond motifs is 1. The molecule has 0 radical (unpaired) electrons. The summed E-state index contributed by atoms with van der Waals surface area (Å²) in [6.45, 7) is 0.374. The Kier molecular flexibility index (Phi) is 2.91. The third-order valence-corrected chi connectivity index (χ3v) is 2.36. The van der Waals surface area contributed by atoms with E-state index in [1.807, 2.05) is 12.1 Å². The van der Waals surface area contributed by atoms with Gasteiger partial charge in [-0.15, -0.1) is 17.0 Å². The van der Waals surface area contributed by atoms with Crippen molar-refractivity contribution in [1.29, 1.82) is 0 Å². The van der Waals surface area contributed by atoms with E-state index in [1.54, 1.807) is 0 Å². The second-order valence-electron chi connectivity index (χ2n) is 2.19. The molecule has 1 heterocycles. The summed E-state index contributed by atoms with van der Waals surface area (Å²) in [6.07, 6.45) is 0. The van der Waals surface area contributed by atoms with Crippen LogP contribution in [0.5, 0.6) is 11.5 Å². The van der Waals surface area contributed by atoms with Crippen molar-refractivity contribution < 1.29 is 27.8 Å². The Morgan fingerprint density at radius 2 is 1.91 bits per heavy atom. The molecule has 0 saturated heterocycles. The van der Waals surface area contributed by atoms with Crippen molar-refractivity contribution in [2.24, 2.45) is 0 Å². The molecule has 55 valence electrons. The molecule has 0 N–H and O–H groups in total. The first-order valence-electron chi connectivity index (χ1n) is 3.08. The summed E-state index contributed by atoms with van der Waals surface area (Å²) in [5.41, 5.74) is 0. The van der Waals surface area contributed by atoms with Crippen molar-refractivity contribution in [3.63, 3.8) is 0 Å². The van der Waals surface area contributed by atoms with Gasteiger partial charge >= 0.3 is 68.4 Å². The second-order valence-corrected chi connectivity index (χ2v) is 3.90. The average molecular weight is 267 g/mol. The molecule has 1 aromatic rings. The summed E-state index contributed by atoms with van der Waals surface area (Å²) >= 11 is 1.16. The van der Waals surface area contributed by atoms with E-state index in [-0.39, 0.29) is 17.0 Å². The number of hydrogen-bond acceptors (Lipinski definition) is 2. The molecule has 1 aliphatic rings. The van der Waals surface area contributed by atoms with Gasteiger partial charge in [-0.3, -0.25) is 0 Å². The van der Waals surface area contributed by atoms with Crippen LogP contribution >= 0.6 is 17.0 Å². The Morgan fingerprint density at radius 3 is 2.73 bits per heavy atom. The molecule has 0 saturated carbocycles. The van der Waals surface area contributed by atoms with Gasteiger partial charge in [-0.25, -0.2) is 0 Å². The molecule has 2 nitrogen and oxygen atoms in total. The number of benzene rings is 1. The maximum atomic E-state index is 5.18. The first-order valence-corrected chi connectivity index (χ1v) is 4.56. The van der Waals surface area contributed by atoms with Crippen LogP contribution in [0.15, 0.2) is 18.2 Å². The van der Waals surface area contributed by atoms with Crippen molar-refractivity contribution in [3.05, 3.63) is 18.2 Å². The fraction of sp³-hybridized carbons (Fsp3) is 0.143. The van der Waals surface area contributed by atoms with Crippen LogP contribution in [0.3, 0.4) is 0 Å². The van der Waals surface area contributed by atoms with Gasteiger partial charge in [-0.2, -0.15) is 0 Å². The molecule has 0 bridgehead atoms. The molecular weight excluding hydrogens is 261 g/mol. The van der Waals surface area contributed by atoms with E-state index in [0.717, 1.165) is 29.8 Å². The topological polar surface area (TPSA) is 18.5 Å². The van der Waals surface area contributed by atoms with Crippen LogP contribution in [0, 0.1) is 0 Å². The summed E-state index contributed by atoms with van der Waals surface area (Å²) < 4.78 is 11.6. The first kappa shape index (κ1) is 9.01. The van der Waals surface area contributed by atoms with Crippen LogP contribution in [0.2, 0.25) is 0 Å². The minimum absolute atomic E-state index is 0. The monoisotopic (exact) mass is 265 g/mol. The van der Waals surface area contributed by atoms with Crippen LogP contribution in [0.1, 0.15) is 0 Å². The third kappa shape index (κ3) is 1.74. The maximum absolute atomic E-state index is 5.18. The fourth-order valence-corrected chi connectivity index (χ4v) is 1.58. The molecule has 0 fully saturated rings. The molecule has 0 aromatic heterocycles. The van der Waals surface area contributed by atoms with Crippen molar-refractivity contribution >= 4 is 21.1 Å². The second kappa shape index (κ2) is 3.55. The van der Waals surface area contributed by atoms with Gasteiger partial charge in [0.05, 0.1) is 0 Å². The summed E-state index contributed by atoms with van der Waals surface area (Å²) in [4.78, 5) is 0. The van der Waals surface area contributed by atoms with Crippen molar-refractivity contribution in [2.45, 2.75) is 0 Å². The summed E-state index contributed by atoms with van der Waals surface area (Å²) in [6, 6.07) is 6.05. The molecule has 0 unspecified atom stereocenters. The molecule has 0 atom stereocenters. The Morgan fingerprint density at radius 1 is 1.18 bits per heavy atom. The zero-order valence-corrected chi connectivity index (χ0v) is 10.6. The molecule has 2 rings (SSSR count). The molecule has 0 spiro atoms. The first-order chi connectivity index (χ1) is 4.86. The van der Waals surface area contributed by atoms with Crippen molar-refractivity contribution in [3.8, 4) is 11.5 Å². The Hall–Kier alpha value is -0.0766. The fourth-order valence-electron chi connectivity index (χ4n) is 0.941. The van der Waals surface area contributed by atoms with E-state index in [0.29, 0.717) is 6.79 Å². The predicted octanol–water partition coefficient (Wildman–Crippen LogP) is 1.17. The molecule has 1 aliphatic heterocycles. The molecule has 11 heavy (non-hydrogen) atoms. The van der Waals surface area contributed by atoms with Crippen LogP contribution in [0.25, 0.3) is 0 Å². The Labute approximate surface area is 85.3 Å². The average Bonchev–Trinajstić information content (AvgIpc) is 2.33. The zero-order valence-electron chi connectivity index (χ0n) is 5.87. The number of halogens is 1. The van der Waals surface area contributed by atoms with Crippen LogP contribution in [-0.2, 0) is 18.3 Å². The van der Waals surface area contributed by atoms with E-state index in [9.17, 15) is 0 Å². The van der Waals surface area contributed by atoms with Gasteiger partial charge in [-0.05, 0) is 0 Å². The number of ether oxygens (including phenoxy) is 2. The van der Waals surface area contributed by atoms with E-state index in [2.05, 4.69) is 6.07 Å². The predicted molar refractivity (Wildman–Crippen MR) is 42.5 cm³/mol. The van der Waals surface area contributed by atoms with Gasteiger partial charge in [0, 0.05) is 0 Å². The van der Waals surface area contributed by atoms with Crippen molar-refractivity contribution in [2.75, 3.05) is 6.79 Å². The normalized spacial score (nSPS) is 12.5. The van der Waals surface area contributed by atoms with Crippen molar-refractivity contribution in [1.82, 2.24) is 0 Å². The quantitative estimate of drug-likeness (QED) is 0.657. The number of rotatable bonds is 0. The van der Waals surface area contributed by atoms with E-state index in [1.165, 1.54) is 4.16 Å². The molecule has 0 amide bonds. The number of hydrogen-bond donors (Lipinski definition) is 0. The third-order valence-electron chi connectivity index (χ3n) is 1.44. The summed E-state index contributed by atoms with van der Waals surface area (Å²) in [7, 11) is 0. The summed E-state index contributed by atoms with van der Waals surface area (Å²) in [5.74, 6) is 1.76. The minimum atomic E-state index is 0. The van der Waals surface area contributed by atoms with Gasteiger partial charge < -0.3 is 0 Å². The molecule has 4 heteroatoms. The van der Waals surface area contributed by atoms with Crippen LogP contribution < -0.4 is 13.6 Å². The van der Waals surface area contributed by atoms with Gasteiger partial charge in [0.15, 0.2) is 0 Å². The van der Waals surface area contributed by atoms with Gasteiger partial charge in [0.1, 0.15) is 0 Å². The van der Waals surface area contributed by atoms with Crippen LogP contribution in [0.4, 0.5) is 0 Å². The Bertz CT molecular complexity index is 265. The molecule has 1 aromatic carbocycles. The SMILES string of the molecule is Br.[Zn][c]1ccc2c(c1)OCO2. The molecular formula is C7H6BrO2Zn. The van der Waals surface area contributed by atoms with Gasteiger partial charge in [0.25, 0.3) is 0 Å².